The summed E-state index contributed by atoms with van der Waals surface area (Å²) in [7, 11) is 1.65. The quantitative estimate of drug-likeness (QED) is 0.291. The maximum absolute atomic E-state index is 13.9. The number of hydrogen-bond donors (Lipinski definition) is 0. The van der Waals surface area contributed by atoms with E-state index in [4.69, 9.17) is 23.5 Å². The molecule has 32 heavy (non-hydrogen) atoms. The maximum Gasteiger partial charge on any atom is 0.338 e. The molecular formula is C23H25FN2O6. The fourth-order valence-electron chi connectivity index (χ4n) is 2.77. The van der Waals surface area contributed by atoms with Crippen molar-refractivity contribution in [1.29, 1.82) is 0 Å². The summed E-state index contributed by atoms with van der Waals surface area (Å²) in [6.45, 7) is 2.56. The third kappa shape index (κ3) is 6.94. The van der Waals surface area contributed by atoms with Crippen LogP contribution in [0.1, 0.15) is 16.8 Å². The minimum Gasteiger partial charge on any atom is -0.460 e. The first-order valence-corrected chi connectivity index (χ1v) is 10.2. The van der Waals surface area contributed by atoms with E-state index in [1.165, 1.54) is 6.07 Å². The van der Waals surface area contributed by atoms with E-state index in [-0.39, 0.29) is 30.5 Å². The molecule has 0 fully saturated rings. The highest BCUT2D eigenvalue weighted by atomic mass is 19.1. The van der Waals surface area contributed by atoms with Gasteiger partial charge >= 0.3 is 5.97 Å². The lowest BCUT2D eigenvalue weighted by atomic mass is 10.1. The molecular weight excluding hydrogens is 419 g/mol. The molecule has 3 rings (SSSR count). The smallest absolute Gasteiger partial charge is 0.338 e. The van der Waals surface area contributed by atoms with Crippen LogP contribution in [0.3, 0.4) is 0 Å². The molecule has 9 heteroatoms. The average molecular weight is 444 g/mol. The van der Waals surface area contributed by atoms with Crippen molar-refractivity contribution in [3.05, 3.63) is 59.9 Å². The van der Waals surface area contributed by atoms with Gasteiger partial charge in [0.1, 0.15) is 12.4 Å². The summed E-state index contributed by atoms with van der Waals surface area (Å²) in [5.74, 6) is -0.651. The lowest BCUT2D eigenvalue weighted by molar-refractivity contribution is 0.0122. The van der Waals surface area contributed by atoms with Gasteiger partial charge in [-0.25, -0.2) is 9.18 Å². The Bertz CT molecular complexity index is 994. The highest BCUT2D eigenvalue weighted by Gasteiger charge is 2.15. The van der Waals surface area contributed by atoms with Crippen molar-refractivity contribution in [2.45, 2.75) is 6.42 Å². The summed E-state index contributed by atoms with van der Waals surface area (Å²) in [6.07, 6.45) is 0.835. The Balaban J connectivity index is 1.46. The van der Waals surface area contributed by atoms with Crippen LogP contribution in [0.5, 0.6) is 0 Å². The summed E-state index contributed by atoms with van der Waals surface area (Å²) >= 11 is 0. The van der Waals surface area contributed by atoms with Crippen LogP contribution in [0, 0.1) is 5.82 Å². The lowest BCUT2D eigenvalue weighted by Gasteiger charge is -2.07. The highest BCUT2D eigenvalue weighted by Crippen LogP contribution is 2.24. The Morgan fingerprint density at radius 1 is 0.969 bits per heavy atom. The Labute approximate surface area is 185 Å². The van der Waals surface area contributed by atoms with E-state index in [1.807, 2.05) is 0 Å². The molecule has 0 saturated carbocycles. The molecule has 0 bridgehead atoms. The minimum atomic E-state index is -0.496. The van der Waals surface area contributed by atoms with Gasteiger partial charge in [0.15, 0.2) is 0 Å². The number of esters is 1. The molecule has 3 aromatic rings. The molecule has 0 aliphatic heterocycles. The molecule has 8 nitrogen and oxygen atoms in total. The molecule has 0 spiro atoms. The van der Waals surface area contributed by atoms with E-state index in [0.29, 0.717) is 37.6 Å². The van der Waals surface area contributed by atoms with E-state index in [2.05, 4.69) is 10.1 Å². The van der Waals surface area contributed by atoms with Crippen LogP contribution in [-0.2, 0) is 18.9 Å². The molecule has 170 valence electrons. The van der Waals surface area contributed by atoms with E-state index >= 15 is 0 Å². The monoisotopic (exact) mass is 444 g/mol. The predicted octanol–water partition coefficient (Wildman–Crippen LogP) is 3.77. The number of hydrogen-bond acceptors (Lipinski definition) is 8. The van der Waals surface area contributed by atoms with Gasteiger partial charge in [0.2, 0.25) is 5.82 Å². The van der Waals surface area contributed by atoms with E-state index in [9.17, 15) is 9.18 Å². The number of carbonyl (C=O) groups is 1. The first-order chi connectivity index (χ1) is 15.7. The van der Waals surface area contributed by atoms with Gasteiger partial charge in [0.05, 0.1) is 30.9 Å². The first-order valence-electron chi connectivity index (χ1n) is 10.2. The number of carbonyl (C=O) groups excluding carboxylic acids is 1. The van der Waals surface area contributed by atoms with Crippen LogP contribution in [-0.4, -0.2) is 62.9 Å². The molecule has 1 heterocycles. The van der Waals surface area contributed by atoms with Gasteiger partial charge in [-0.3, -0.25) is 0 Å². The van der Waals surface area contributed by atoms with Crippen LogP contribution in [0.4, 0.5) is 4.39 Å². The summed E-state index contributed by atoms with van der Waals surface area (Å²) in [6, 6.07) is 12.7. The summed E-state index contributed by atoms with van der Waals surface area (Å²) in [5, 5.41) is 3.89. The fourth-order valence-corrected chi connectivity index (χ4v) is 2.77. The van der Waals surface area contributed by atoms with Crippen LogP contribution < -0.4 is 0 Å². The van der Waals surface area contributed by atoms with E-state index in [1.54, 1.807) is 49.6 Å². The van der Waals surface area contributed by atoms with Crippen LogP contribution in [0.25, 0.3) is 22.8 Å². The third-order valence-electron chi connectivity index (χ3n) is 4.36. The molecule has 0 saturated heterocycles. The molecule has 0 N–H and O–H groups in total. The Morgan fingerprint density at radius 2 is 1.75 bits per heavy atom. The highest BCUT2D eigenvalue weighted by molar-refractivity contribution is 5.90. The lowest BCUT2D eigenvalue weighted by Crippen LogP contribution is -2.13. The number of aromatic nitrogens is 2. The summed E-state index contributed by atoms with van der Waals surface area (Å²) in [4.78, 5) is 16.5. The van der Waals surface area contributed by atoms with Crippen LogP contribution in [0.15, 0.2) is 53.1 Å². The van der Waals surface area contributed by atoms with Gasteiger partial charge in [-0.2, -0.15) is 4.98 Å². The second kappa shape index (κ2) is 12.7. The first kappa shape index (κ1) is 23.5. The van der Waals surface area contributed by atoms with E-state index in [0.717, 1.165) is 6.42 Å². The Kier molecular flexibility index (Phi) is 9.30. The normalized spacial score (nSPS) is 10.9. The molecule has 0 amide bonds. The van der Waals surface area contributed by atoms with E-state index < -0.39 is 11.8 Å². The zero-order chi connectivity index (χ0) is 22.6. The van der Waals surface area contributed by atoms with Gasteiger partial charge in [0.25, 0.3) is 5.89 Å². The molecule has 0 aliphatic rings. The number of nitrogens with zero attached hydrogens (tertiary/aromatic N) is 2. The predicted molar refractivity (Wildman–Crippen MR) is 114 cm³/mol. The SMILES string of the molecule is COCCCOCCOCCOC(=O)c1cccc(-c2noc(-c3ccccc3F)n2)c1. The maximum atomic E-state index is 13.9. The van der Waals surface area contributed by atoms with Crippen LogP contribution >= 0.6 is 0 Å². The molecule has 0 aliphatic carbocycles. The van der Waals surface area contributed by atoms with Gasteiger partial charge in [-0.15, -0.1) is 0 Å². The van der Waals surface area contributed by atoms with Crippen molar-refractivity contribution < 1.29 is 32.7 Å². The average Bonchev–Trinajstić information content (AvgIpc) is 3.31. The molecule has 0 unspecified atom stereocenters. The number of methoxy groups -OCH3 is 1. The number of ether oxygens (including phenoxy) is 4. The van der Waals surface area contributed by atoms with Crippen LogP contribution in [0.2, 0.25) is 0 Å². The Hall–Kier alpha value is -3.14. The minimum absolute atomic E-state index is 0.0610. The second-order valence-electron chi connectivity index (χ2n) is 6.69. The zero-order valence-electron chi connectivity index (χ0n) is 17.8. The standard InChI is InChI=1S/C23H25FN2O6/c1-28-10-5-11-29-12-13-30-14-15-31-23(27)18-7-4-6-17(16-18)21-25-22(32-26-21)19-8-2-3-9-20(19)24/h2-4,6-9,16H,5,10-15H2,1H3. The summed E-state index contributed by atoms with van der Waals surface area (Å²) < 4.78 is 40.0. The second-order valence-corrected chi connectivity index (χ2v) is 6.69. The van der Waals surface area contributed by atoms with Gasteiger partial charge < -0.3 is 23.5 Å². The van der Waals surface area contributed by atoms with Crippen molar-refractivity contribution in [1.82, 2.24) is 10.1 Å². The molecule has 1 aromatic heterocycles. The number of rotatable bonds is 13. The van der Waals surface area contributed by atoms with Gasteiger partial charge in [-0.1, -0.05) is 29.4 Å². The molecule has 2 aromatic carbocycles. The summed E-state index contributed by atoms with van der Waals surface area (Å²) in [5.41, 5.74) is 1.09. The van der Waals surface area contributed by atoms with Crippen molar-refractivity contribution >= 4 is 5.97 Å². The van der Waals surface area contributed by atoms with Crippen molar-refractivity contribution in [3.63, 3.8) is 0 Å². The zero-order valence-corrected chi connectivity index (χ0v) is 17.8. The van der Waals surface area contributed by atoms with Crippen molar-refractivity contribution in [2.75, 3.05) is 46.8 Å². The van der Waals surface area contributed by atoms with Crippen molar-refractivity contribution in [2.24, 2.45) is 0 Å². The number of benzene rings is 2. The number of halogens is 1. The Morgan fingerprint density at radius 3 is 2.56 bits per heavy atom. The van der Waals surface area contributed by atoms with Gasteiger partial charge in [0, 0.05) is 25.9 Å². The third-order valence-corrected chi connectivity index (χ3v) is 4.36. The molecule has 0 atom stereocenters. The van der Waals surface area contributed by atoms with Gasteiger partial charge in [-0.05, 0) is 30.7 Å². The topological polar surface area (TPSA) is 92.9 Å². The largest absolute Gasteiger partial charge is 0.460 e. The van der Waals surface area contributed by atoms with Crippen molar-refractivity contribution in [3.8, 4) is 22.8 Å². The molecule has 0 radical (unpaired) electrons. The fraction of sp³-hybridized carbons (Fsp3) is 0.348.